The summed E-state index contributed by atoms with van der Waals surface area (Å²) in [4.78, 5) is 15.8. The molecule has 3 heterocycles. The maximum absolute atomic E-state index is 12.4. The fraction of sp³-hybridized carbons (Fsp3) is 0.579. The van der Waals surface area contributed by atoms with Crippen LogP contribution < -0.4 is 10.2 Å². The zero-order valence-corrected chi connectivity index (χ0v) is 18.1. The molecule has 1 N–H and O–H groups in total. The number of hydrogen-bond acceptors (Lipinski definition) is 8. The fourth-order valence-electron chi connectivity index (χ4n) is 3.67. The van der Waals surface area contributed by atoms with Gasteiger partial charge in [-0.3, -0.25) is 9.36 Å². The molecule has 2 aromatic heterocycles. The highest BCUT2D eigenvalue weighted by Crippen LogP contribution is 2.37. The van der Waals surface area contributed by atoms with Gasteiger partial charge in [-0.2, -0.15) is 5.26 Å². The molecule has 0 radical (unpaired) electrons. The first-order valence-electron chi connectivity index (χ1n) is 9.86. The number of nitrogens with zero attached hydrogens (tertiary/aromatic N) is 5. The van der Waals surface area contributed by atoms with E-state index in [-0.39, 0.29) is 5.91 Å². The molecule has 10 heteroatoms. The van der Waals surface area contributed by atoms with Crippen LogP contribution in [0.5, 0.6) is 0 Å². The van der Waals surface area contributed by atoms with Gasteiger partial charge in [-0.05, 0) is 31.2 Å². The Morgan fingerprint density at radius 1 is 1.31 bits per heavy atom. The monoisotopic (exact) mass is 432 g/mol. The largest absolute Gasteiger partial charge is 0.378 e. The van der Waals surface area contributed by atoms with Crippen LogP contribution in [0.15, 0.2) is 5.16 Å². The van der Waals surface area contributed by atoms with Gasteiger partial charge in [0, 0.05) is 37.2 Å². The molecular formula is C19H24N6O2S2. The average Bonchev–Trinajstić information content (AvgIpc) is 3.28. The van der Waals surface area contributed by atoms with E-state index in [1.54, 1.807) is 11.3 Å². The Balaban J connectivity index is 1.31. The van der Waals surface area contributed by atoms with E-state index < -0.39 is 0 Å². The molecule has 8 nitrogen and oxygen atoms in total. The molecule has 2 aliphatic rings. The van der Waals surface area contributed by atoms with Crippen LogP contribution in [0, 0.1) is 11.3 Å². The molecule has 1 amide bonds. The van der Waals surface area contributed by atoms with Gasteiger partial charge in [-0.25, -0.2) is 0 Å². The highest BCUT2D eigenvalue weighted by atomic mass is 32.2. The summed E-state index contributed by atoms with van der Waals surface area (Å²) in [5.74, 6) is 1.37. The molecule has 0 bridgehead atoms. The van der Waals surface area contributed by atoms with Crippen molar-refractivity contribution in [3.63, 3.8) is 0 Å². The Labute approximate surface area is 178 Å². The van der Waals surface area contributed by atoms with Gasteiger partial charge in [0.1, 0.15) is 11.1 Å². The smallest absolute Gasteiger partial charge is 0.227 e. The van der Waals surface area contributed by atoms with Crippen LogP contribution in [-0.4, -0.2) is 52.7 Å². The number of nitrogens with one attached hydrogen (secondary N) is 1. The van der Waals surface area contributed by atoms with E-state index in [1.165, 1.54) is 16.6 Å². The fourth-order valence-corrected chi connectivity index (χ4v) is 5.77. The van der Waals surface area contributed by atoms with Crippen LogP contribution >= 0.6 is 23.1 Å². The normalized spacial score (nSPS) is 16.3. The van der Waals surface area contributed by atoms with Gasteiger partial charge in [0.2, 0.25) is 11.9 Å². The number of aromatic nitrogens is 3. The van der Waals surface area contributed by atoms with Gasteiger partial charge in [0.25, 0.3) is 0 Å². The van der Waals surface area contributed by atoms with Crippen molar-refractivity contribution in [1.29, 1.82) is 5.26 Å². The lowest BCUT2D eigenvalue weighted by atomic mass is 9.96. The number of amides is 1. The topological polar surface area (TPSA) is 96.1 Å². The standard InChI is InChI=1S/C19H24N6O2S2/c1-24-18(25-7-9-27-10-8-25)22-23-19(24)28-11-6-16(26)21-17-14(12-20)13-4-2-3-5-15(13)29-17/h2-11H2,1H3,(H,21,26). The SMILES string of the molecule is Cn1c(SCCC(=O)Nc2sc3c(c2C#N)CCCC3)nnc1N1CCOCC1. The maximum atomic E-state index is 12.4. The molecule has 1 aliphatic heterocycles. The Kier molecular flexibility index (Phi) is 6.37. The third-order valence-electron chi connectivity index (χ3n) is 5.20. The van der Waals surface area contributed by atoms with Crippen molar-refractivity contribution >= 4 is 40.0 Å². The van der Waals surface area contributed by atoms with E-state index in [1.807, 2.05) is 11.6 Å². The van der Waals surface area contributed by atoms with Crippen molar-refractivity contribution in [2.75, 3.05) is 42.3 Å². The maximum Gasteiger partial charge on any atom is 0.227 e. The highest BCUT2D eigenvalue weighted by Gasteiger charge is 2.22. The highest BCUT2D eigenvalue weighted by molar-refractivity contribution is 7.99. The number of thiophene rings is 1. The molecule has 1 aliphatic carbocycles. The minimum absolute atomic E-state index is 0.0665. The lowest BCUT2D eigenvalue weighted by molar-refractivity contribution is -0.115. The van der Waals surface area contributed by atoms with Crippen LogP contribution in [0.25, 0.3) is 0 Å². The lowest BCUT2D eigenvalue weighted by Gasteiger charge is -2.27. The summed E-state index contributed by atoms with van der Waals surface area (Å²) in [5.41, 5.74) is 1.80. The van der Waals surface area contributed by atoms with Gasteiger partial charge in [0.05, 0.1) is 18.8 Å². The third kappa shape index (κ3) is 4.42. The summed E-state index contributed by atoms with van der Waals surface area (Å²) >= 11 is 3.08. The molecule has 1 fully saturated rings. The minimum Gasteiger partial charge on any atom is -0.378 e. The van der Waals surface area contributed by atoms with E-state index in [0.29, 0.717) is 36.0 Å². The number of hydrogen-bond donors (Lipinski definition) is 1. The quantitative estimate of drug-likeness (QED) is 0.701. The van der Waals surface area contributed by atoms with Crippen LogP contribution in [0.2, 0.25) is 0 Å². The number of aryl methyl sites for hydroxylation is 1. The van der Waals surface area contributed by atoms with Crippen molar-refractivity contribution < 1.29 is 9.53 Å². The molecule has 154 valence electrons. The number of nitriles is 1. The summed E-state index contributed by atoms with van der Waals surface area (Å²) in [6.07, 6.45) is 4.59. The first-order valence-corrected chi connectivity index (χ1v) is 11.7. The van der Waals surface area contributed by atoms with Gasteiger partial charge in [-0.15, -0.1) is 21.5 Å². The number of ether oxygens (including phenoxy) is 1. The Morgan fingerprint density at radius 3 is 2.90 bits per heavy atom. The minimum atomic E-state index is -0.0665. The van der Waals surface area contributed by atoms with Crippen LogP contribution in [0.1, 0.15) is 35.3 Å². The van der Waals surface area contributed by atoms with Crippen LogP contribution in [0.4, 0.5) is 10.9 Å². The summed E-state index contributed by atoms with van der Waals surface area (Å²) in [5, 5.41) is 22.5. The molecular weight excluding hydrogens is 408 g/mol. The molecule has 29 heavy (non-hydrogen) atoms. The first-order chi connectivity index (χ1) is 14.2. The predicted molar refractivity (Wildman–Crippen MR) is 114 cm³/mol. The number of carbonyl (C=O) groups excluding carboxylic acids is 1. The number of rotatable bonds is 6. The summed E-state index contributed by atoms with van der Waals surface area (Å²) in [7, 11) is 1.95. The van der Waals surface area contributed by atoms with Crippen LogP contribution in [-0.2, 0) is 29.4 Å². The molecule has 0 unspecified atom stereocenters. The molecule has 0 atom stereocenters. The second-order valence-corrected chi connectivity index (χ2v) is 9.28. The molecule has 1 saturated heterocycles. The van der Waals surface area contributed by atoms with E-state index in [0.717, 1.165) is 55.4 Å². The summed E-state index contributed by atoms with van der Waals surface area (Å²) in [6, 6.07) is 2.29. The number of anilines is 2. The third-order valence-corrected chi connectivity index (χ3v) is 7.43. The molecule has 2 aromatic rings. The van der Waals surface area contributed by atoms with Gasteiger partial charge >= 0.3 is 0 Å². The van der Waals surface area contributed by atoms with Crippen molar-refractivity contribution in [2.45, 2.75) is 37.3 Å². The van der Waals surface area contributed by atoms with Gasteiger partial charge in [-0.1, -0.05) is 11.8 Å². The van der Waals surface area contributed by atoms with E-state index in [4.69, 9.17) is 4.74 Å². The Hall–Kier alpha value is -2.09. The summed E-state index contributed by atoms with van der Waals surface area (Å²) < 4.78 is 7.35. The Bertz CT molecular complexity index is 926. The molecule has 4 rings (SSSR count). The first kappa shape index (κ1) is 20.2. The van der Waals surface area contributed by atoms with E-state index in [2.05, 4.69) is 26.5 Å². The zero-order valence-electron chi connectivity index (χ0n) is 16.4. The lowest BCUT2D eigenvalue weighted by Crippen LogP contribution is -2.37. The van der Waals surface area contributed by atoms with Crippen LogP contribution in [0.3, 0.4) is 0 Å². The van der Waals surface area contributed by atoms with E-state index in [9.17, 15) is 10.1 Å². The molecule has 0 spiro atoms. The van der Waals surface area contributed by atoms with Gasteiger partial charge < -0.3 is 15.0 Å². The second kappa shape index (κ2) is 9.15. The van der Waals surface area contributed by atoms with Crippen molar-refractivity contribution in [3.8, 4) is 6.07 Å². The Morgan fingerprint density at radius 2 is 2.10 bits per heavy atom. The number of thioether (sulfide) groups is 1. The van der Waals surface area contributed by atoms with Crippen molar-refractivity contribution in [3.05, 3.63) is 16.0 Å². The number of carbonyl (C=O) groups is 1. The predicted octanol–water partition coefficient (Wildman–Crippen LogP) is 2.58. The van der Waals surface area contributed by atoms with Gasteiger partial charge in [0.15, 0.2) is 5.16 Å². The van der Waals surface area contributed by atoms with Crippen molar-refractivity contribution in [1.82, 2.24) is 14.8 Å². The average molecular weight is 433 g/mol. The van der Waals surface area contributed by atoms with Crippen molar-refractivity contribution in [2.24, 2.45) is 7.05 Å². The number of morpholine rings is 1. The molecule has 0 aromatic carbocycles. The van der Waals surface area contributed by atoms with E-state index >= 15 is 0 Å². The summed E-state index contributed by atoms with van der Waals surface area (Å²) in [6.45, 7) is 3.02. The number of fused-ring (bicyclic) bond motifs is 1. The zero-order chi connectivity index (χ0) is 20.2. The second-order valence-electron chi connectivity index (χ2n) is 7.11. The molecule has 0 saturated carbocycles.